The largest absolute Gasteiger partial charge is 0.478 e. The van der Waals surface area contributed by atoms with E-state index in [0.717, 1.165) is 0 Å². The summed E-state index contributed by atoms with van der Waals surface area (Å²) in [5.41, 5.74) is 0. The van der Waals surface area contributed by atoms with E-state index in [-0.39, 0.29) is 5.25 Å². The fourth-order valence-corrected chi connectivity index (χ4v) is 1.35. The third kappa shape index (κ3) is 4.14. The molecule has 6 heteroatoms. The van der Waals surface area contributed by atoms with E-state index in [1.54, 1.807) is 12.3 Å². The van der Waals surface area contributed by atoms with Crippen molar-refractivity contribution < 1.29 is 8.95 Å². The molecule has 1 aromatic heterocycles. The van der Waals surface area contributed by atoms with Gasteiger partial charge in [-0.1, -0.05) is 0 Å². The van der Waals surface area contributed by atoms with Gasteiger partial charge in [-0.15, -0.1) is 0 Å². The molecule has 1 rings (SSSR count). The second-order valence-electron chi connectivity index (χ2n) is 3.36. The van der Waals surface area contributed by atoms with Crippen molar-refractivity contribution in [2.75, 3.05) is 24.7 Å². The van der Waals surface area contributed by atoms with E-state index in [1.165, 1.54) is 6.33 Å². The van der Waals surface area contributed by atoms with Crippen LogP contribution in [0.4, 0.5) is 5.82 Å². The van der Waals surface area contributed by atoms with Gasteiger partial charge in [0.15, 0.2) is 0 Å². The lowest BCUT2D eigenvalue weighted by Gasteiger charge is -2.10. The number of nitrogens with zero attached hydrogens (tertiary/aromatic N) is 2. The lowest BCUT2D eigenvalue weighted by atomic mass is 10.4. The molecule has 16 heavy (non-hydrogen) atoms. The zero-order valence-electron chi connectivity index (χ0n) is 9.77. The molecule has 0 aliphatic carbocycles. The number of nitrogens with one attached hydrogen (secondary N) is 1. The van der Waals surface area contributed by atoms with Gasteiger partial charge in [0.2, 0.25) is 5.88 Å². The lowest BCUT2D eigenvalue weighted by molar-refractivity contribution is 0.326. The zero-order chi connectivity index (χ0) is 12.0. The Kier molecular flexibility index (Phi) is 5.18. The fraction of sp³-hybridized carbons (Fsp3) is 0.600. The third-order valence-corrected chi connectivity index (χ3v) is 3.37. The summed E-state index contributed by atoms with van der Waals surface area (Å²) >= 11 is 0. The van der Waals surface area contributed by atoms with Crippen LogP contribution in [0.15, 0.2) is 12.4 Å². The van der Waals surface area contributed by atoms with Gasteiger partial charge in [-0.3, -0.25) is 4.21 Å². The molecule has 0 aliphatic rings. The van der Waals surface area contributed by atoms with Gasteiger partial charge in [0.25, 0.3) is 0 Å². The minimum atomic E-state index is -0.830. The molecule has 0 fully saturated rings. The molecule has 0 amide bonds. The second kappa shape index (κ2) is 6.42. The highest BCUT2D eigenvalue weighted by molar-refractivity contribution is 7.84. The average Bonchev–Trinajstić information content (AvgIpc) is 2.26. The molecule has 0 unspecified atom stereocenters. The Morgan fingerprint density at radius 2 is 2.31 bits per heavy atom. The Bertz CT molecular complexity index is 360. The van der Waals surface area contributed by atoms with Gasteiger partial charge in [-0.25, -0.2) is 9.97 Å². The molecule has 2 atom stereocenters. The highest BCUT2D eigenvalue weighted by atomic mass is 32.2. The average molecular weight is 243 g/mol. The molecular formula is C10H17N3O2S. The van der Waals surface area contributed by atoms with Crippen LogP contribution in [0.1, 0.15) is 13.8 Å². The molecule has 0 saturated carbocycles. The number of hydrogen-bond acceptors (Lipinski definition) is 5. The van der Waals surface area contributed by atoms with Crippen LogP contribution in [-0.2, 0) is 10.8 Å². The Hall–Kier alpha value is -1.17. The molecule has 90 valence electrons. The van der Waals surface area contributed by atoms with Crippen LogP contribution in [0.25, 0.3) is 0 Å². The summed E-state index contributed by atoms with van der Waals surface area (Å²) in [6.07, 6.45) is 3.14. The summed E-state index contributed by atoms with van der Waals surface area (Å²) in [4.78, 5) is 8.01. The van der Waals surface area contributed by atoms with Crippen LogP contribution >= 0.6 is 0 Å². The van der Waals surface area contributed by atoms with Gasteiger partial charge in [-0.05, 0) is 13.8 Å². The topological polar surface area (TPSA) is 64.1 Å². The van der Waals surface area contributed by atoms with E-state index in [0.29, 0.717) is 24.8 Å². The minimum absolute atomic E-state index is 0.0884. The number of anilines is 1. The predicted octanol–water partition coefficient (Wildman–Crippen LogP) is 1.05. The molecule has 0 aliphatic heterocycles. The molecular weight excluding hydrogens is 226 g/mol. The van der Waals surface area contributed by atoms with Crippen molar-refractivity contribution in [3.05, 3.63) is 12.4 Å². The summed E-state index contributed by atoms with van der Waals surface area (Å²) < 4.78 is 16.4. The molecule has 0 saturated heterocycles. The van der Waals surface area contributed by atoms with Crippen LogP contribution in [0, 0.1) is 0 Å². The Morgan fingerprint density at radius 3 is 2.94 bits per heavy atom. The van der Waals surface area contributed by atoms with Gasteiger partial charge in [0.05, 0.1) is 6.61 Å². The van der Waals surface area contributed by atoms with Gasteiger partial charge < -0.3 is 10.1 Å². The SMILES string of the molecule is CCOc1cc(NC[C@@H](C)[S@](C)=O)ncn1. The lowest BCUT2D eigenvalue weighted by Crippen LogP contribution is -2.21. The third-order valence-electron chi connectivity index (χ3n) is 2.07. The normalized spacial score (nSPS) is 14.2. The zero-order valence-corrected chi connectivity index (χ0v) is 10.6. The van der Waals surface area contributed by atoms with Crippen molar-refractivity contribution in [2.45, 2.75) is 19.1 Å². The summed E-state index contributed by atoms with van der Waals surface area (Å²) in [6.45, 7) is 5.02. The minimum Gasteiger partial charge on any atom is -0.478 e. The Morgan fingerprint density at radius 1 is 1.56 bits per heavy atom. The number of hydrogen-bond donors (Lipinski definition) is 1. The first-order valence-electron chi connectivity index (χ1n) is 5.14. The molecule has 0 radical (unpaired) electrons. The first-order valence-corrected chi connectivity index (χ1v) is 6.76. The summed E-state index contributed by atoms with van der Waals surface area (Å²) in [5, 5.41) is 3.19. The summed E-state index contributed by atoms with van der Waals surface area (Å²) in [6, 6.07) is 1.73. The molecule has 1 aromatic rings. The van der Waals surface area contributed by atoms with E-state index in [4.69, 9.17) is 4.74 Å². The van der Waals surface area contributed by atoms with Crippen molar-refractivity contribution in [3.63, 3.8) is 0 Å². The molecule has 1 N–H and O–H groups in total. The number of aromatic nitrogens is 2. The number of rotatable bonds is 6. The maximum Gasteiger partial charge on any atom is 0.218 e. The van der Waals surface area contributed by atoms with E-state index in [2.05, 4.69) is 15.3 Å². The van der Waals surface area contributed by atoms with Crippen molar-refractivity contribution in [3.8, 4) is 5.88 Å². The molecule has 0 bridgehead atoms. The summed E-state index contributed by atoms with van der Waals surface area (Å²) in [7, 11) is -0.830. The molecule has 5 nitrogen and oxygen atoms in total. The first kappa shape index (κ1) is 12.9. The van der Waals surface area contributed by atoms with E-state index in [1.807, 2.05) is 13.8 Å². The quantitative estimate of drug-likeness (QED) is 0.809. The van der Waals surface area contributed by atoms with Crippen molar-refractivity contribution in [2.24, 2.45) is 0 Å². The maximum absolute atomic E-state index is 11.1. The van der Waals surface area contributed by atoms with Gasteiger partial charge in [-0.2, -0.15) is 0 Å². The fourth-order valence-electron chi connectivity index (χ4n) is 1.03. The molecule has 0 aromatic carbocycles. The molecule has 0 spiro atoms. The maximum atomic E-state index is 11.1. The van der Waals surface area contributed by atoms with Crippen molar-refractivity contribution in [1.29, 1.82) is 0 Å². The van der Waals surface area contributed by atoms with Crippen LogP contribution in [-0.4, -0.2) is 38.8 Å². The highest BCUT2D eigenvalue weighted by Crippen LogP contribution is 2.10. The second-order valence-corrected chi connectivity index (χ2v) is 5.17. The van der Waals surface area contributed by atoms with Gasteiger partial charge >= 0.3 is 0 Å². The van der Waals surface area contributed by atoms with E-state index in [9.17, 15) is 4.21 Å². The van der Waals surface area contributed by atoms with Crippen molar-refractivity contribution in [1.82, 2.24) is 9.97 Å². The standard InChI is InChI=1S/C10H17N3O2S/c1-4-15-10-5-9(12-7-13-10)11-6-8(2)16(3)14/h5,7-8H,4,6H2,1-3H3,(H,11,12,13)/t8-,16+/m1/s1. The smallest absolute Gasteiger partial charge is 0.218 e. The highest BCUT2D eigenvalue weighted by Gasteiger charge is 2.06. The number of ether oxygens (including phenoxy) is 1. The van der Waals surface area contributed by atoms with Gasteiger partial charge in [0.1, 0.15) is 12.1 Å². The van der Waals surface area contributed by atoms with Crippen LogP contribution in [0.2, 0.25) is 0 Å². The summed E-state index contributed by atoms with van der Waals surface area (Å²) in [5.74, 6) is 1.24. The van der Waals surface area contributed by atoms with E-state index < -0.39 is 10.8 Å². The van der Waals surface area contributed by atoms with Crippen LogP contribution < -0.4 is 10.1 Å². The predicted molar refractivity (Wildman–Crippen MR) is 65.2 cm³/mol. The van der Waals surface area contributed by atoms with Crippen molar-refractivity contribution >= 4 is 16.6 Å². The monoisotopic (exact) mass is 243 g/mol. The van der Waals surface area contributed by atoms with Gasteiger partial charge in [0, 0.05) is 34.9 Å². The van der Waals surface area contributed by atoms with Crippen LogP contribution in [0.3, 0.4) is 0 Å². The first-order chi connectivity index (χ1) is 7.63. The Balaban J connectivity index is 2.53. The Labute approximate surface area is 98.1 Å². The van der Waals surface area contributed by atoms with E-state index >= 15 is 0 Å². The molecule has 1 heterocycles. The van der Waals surface area contributed by atoms with Crippen LogP contribution in [0.5, 0.6) is 5.88 Å².